The Bertz CT molecular complexity index is 119. The standard InChI is InChI=1S/C6H11Br3OSi/c7-11(8,9)10-6-4-2-1-3-5-6/h6H,1-5H2. The highest BCUT2D eigenvalue weighted by atomic mass is 80.0. The Morgan fingerprint density at radius 2 is 1.55 bits per heavy atom. The van der Waals surface area contributed by atoms with Crippen molar-refractivity contribution < 1.29 is 4.43 Å². The smallest absolute Gasteiger partial charge is 0.388 e. The van der Waals surface area contributed by atoms with Crippen molar-refractivity contribution in [2.45, 2.75) is 38.2 Å². The molecule has 0 unspecified atom stereocenters. The highest BCUT2D eigenvalue weighted by molar-refractivity contribution is 9.71. The van der Waals surface area contributed by atoms with Crippen molar-refractivity contribution in [2.24, 2.45) is 0 Å². The highest BCUT2D eigenvalue weighted by Gasteiger charge is 2.29. The van der Waals surface area contributed by atoms with Crippen LogP contribution in [0.1, 0.15) is 32.1 Å². The predicted octanol–water partition coefficient (Wildman–Crippen LogP) is 3.96. The quantitative estimate of drug-likeness (QED) is 0.531. The largest absolute Gasteiger partial charge is 0.409 e. The Labute approximate surface area is 92.1 Å². The van der Waals surface area contributed by atoms with Crippen molar-refractivity contribution >= 4 is 50.1 Å². The lowest BCUT2D eigenvalue weighted by Gasteiger charge is -2.25. The van der Waals surface area contributed by atoms with Gasteiger partial charge < -0.3 is 4.43 Å². The van der Waals surface area contributed by atoms with Crippen LogP contribution in [0.4, 0.5) is 0 Å². The Balaban J connectivity index is 2.24. The van der Waals surface area contributed by atoms with Crippen LogP contribution >= 0.6 is 45.9 Å². The van der Waals surface area contributed by atoms with Gasteiger partial charge in [-0.3, -0.25) is 0 Å². The maximum atomic E-state index is 5.77. The normalized spacial score (nSPS) is 22.1. The number of hydrogen-bond donors (Lipinski definition) is 0. The van der Waals surface area contributed by atoms with Crippen LogP contribution in [0.3, 0.4) is 0 Å². The van der Waals surface area contributed by atoms with E-state index < -0.39 is 4.18 Å². The molecule has 0 aromatic rings. The molecule has 66 valence electrons. The van der Waals surface area contributed by atoms with Crippen LogP contribution in [-0.4, -0.2) is 10.3 Å². The molecule has 0 aliphatic heterocycles. The van der Waals surface area contributed by atoms with Gasteiger partial charge in [-0.2, -0.15) is 0 Å². The van der Waals surface area contributed by atoms with Crippen LogP contribution in [0.25, 0.3) is 0 Å². The molecule has 1 fully saturated rings. The molecule has 0 heterocycles. The lowest BCUT2D eigenvalue weighted by Crippen LogP contribution is -2.26. The minimum absolute atomic E-state index is 0.466. The maximum Gasteiger partial charge on any atom is 0.409 e. The second kappa shape index (κ2) is 4.74. The molecule has 0 bridgehead atoms. The molecule has 1 saturated carbocycles. The average molecular weight is 367 g/mol. The van der Waals surface area contributed by atoms with E-state index in [-0.39, 0.29) is 0 Å². The van der Waals surface area contributed by atoms with Crippen molar-refractivity contribution in [3.8, 4) is 0 Å². The Hall–Kier alpha value is 1.62. The summed E-state index contributed by atoms with van der Waals surface area (Å²) in [6.07, 6.45) is 6.93. The van der Waals surface area contributed by atoms with Gasteiger partial charge >= 0.3 is 4.18 Å². The highest BCUT2D eigenvalue weighted by Crippen LogP contribution is 2.33. The lowest BCUT2D eigenvalue weighted by molar-refractivity contribution is 0.164. The molecule has 1 aliphatic carbocycles. The van der Waals surface area contributed by atoms with Crippen LogP contribution in [-0.2, 0) is 4.43 Å². The van der Waals surface area contributed by atoms with Gasteiger partial charge in [0.15, 0.2) is 0 Å². The monoisotopic (exact) mass is 364 g/mol. The predicted molar refractivity (Wildman–Crippen MR) is 60.5 cm³/mol. The molecule has 0 saturated heterocycles. The zero-order valence-electron chi connectivity index (χ0n) is 6.16. The fourth-order valence-electron chi connectivity index (χ4n) is 1.37. The molecule has 11 heavy (non-hydrogen) atoms. The van der Waals surface area contributed by atoms with Gasteiger partial charge in [0.25, 0.3) is 0 Å². The number of halogens is 3. The van der Waals surface area contributed by atoms with E-state index in [0.29, 0.717) is 6.10 Å². The molecule has 5 heteroatoms. The van der Waals surface area contributed by atoms with Crippen LogP contribution in [0.15, 0.2) is 0 Å². The van der Waals surface area contributed by atoms with Gasteiger partial charge in [-0.15, -0.1) is 0 Å². The van der Waals surface area contributed by atoms with Gasteiger partial charge in [0, 0.05) is 6.10 Å². The molecule has 0 aromatic carbocycles. The van der Waals surface area contributed by atoms with Crippen molar-refractivity contribution in [1.29, 1.82) is 0 Å². The molecule has 0 atom stereocenters. The van der Waals surface area contributed by atoms with Gasteiger partial charge in [0.1, 0.15) is 0 Å². The summed E-state index contributed by atoms with van der Waals surface area (Å²) < 4.78 is 3.96. The van der Waals surface area contributed by atoms with E-state index in [2.05, 4.69) is 45.9 Å². The maximum absolute atomic E-state index is 5.77. The second-order valence-corrected chi connectivity index (χ2v) is 23.6. The molecule has 0 N–H and O–H groups in total. The third kappa shape index (κ3) is 5.03. The Morgan fingerprint density at radius 1 is 1.00 bits per heavy atom. The first-order valence-corrected chi connectivity index (χ1v) is 12.5. The summed E-state index contributed by atoms with van der Waals surface area (Å²) in [7, 11) is 0. The number of hydrogen-bond acceptors (Lipinski definition) is 1. The van der Waals surface area contributed by atoms with E-state index >= 15 is 0 Å². The minimum Gasteiger partial charge on any atom is -0.388 e. The summed E-state index contributed by atoms with van der Waals surface area (Å²) in [6.45, 7) is 0. The molecule has 0 radical (unpaired) electrons. The molecule has 0 spiro atoms. The van der Waals surface area contributed by atoms with Gasteiger partial charge in [-0.25, -0.2) is 0 Å². The second-order valence-electron chi connectivity index (χ2n) is 2.82. The molecule has 0 amide bonds. The number of rotatable bonds is 2. The van der Waals surface area contributed by atoms with Crippen LogP contribution in [0, 0.1) is 0 Å². The average Bonchev–Trinajstić information content (AvgIpc) is 1.85. The zero-order chi connectivity index (χ0) is 8.32. The van der Waals surface area contributed by atoms with Crippen molar-refractivity contribution in [2.75, 3.05) is 0 Å². The van der Waals surface area contributed by atoms with Crippen LogP contribution < -0.4 is 0 Å². The molecule has 1 rings (SSSR count). The van der Waals surface area contributed by atoms with E-state index in [0.717, 1.165) is 0 Å². The molecule has 0 aromatic heterocycles. The zero-order valence-corrected chi connectivity index (χ0v) is 11.9. The topological polar surface area (TPSA) is 9.23 Å². The van der Waals surface area contributed by atoms with Crippen molar-refractivity contribution in [3.05, 3.63) is 0 Å². The SMILES string of the molecule is Br[Si](Br)(Br)OC1CCCCC1. The summed E-state index contributed by atoms with van der Waals surface area (Å²) in [6, 6.07) is 0. The van der Waals surface area contributed by atoms with Crippen molar-refractivity contribution in [1.82, 2.24) is 0 Å². The fourth-order valence-corrected chi connectivity index (χ4v) is 4.36. The first-order valence-electron chi connectivity index (χ1n) is 3.82. The van der Waals surface area contributed by atoms with E-state index in [1.54, 1.807) is 0 Å². The summed E-state index contributed by atoms with van der Waals surface area (Å²) in [5.41, 5.74) is 0. The summed E-state index contributed by atoms with van der Waals surface area (Å²) >= 11 is 10.4. The third-order valence-electron chi connectivity index (χ3n) is 1.85. The van der Waals surface area contributed by atoms with E-state index in [9.17, 15) is 0 Å². The molecule has 1 nitrogen and oxygen atoms in total. The van der Waals surface area contributed by atoms with Gasteiger partial charge in [0.2, 0.25) is 0 Å². The lowest BCUT2D eigenvalue weighted by atomic mass is 9.98. The van der Waals surface area contributed by atoms with Crippen LogP contribution in [0.5, 0.6) is 0 Å². The fraction of sp³-hybridized carbons (Fsp3) is 1.00. The minimum atomic E-state index is -1.81. The first kappa shape index (κ1) is 10.7. The molecule has 1 aliphatic rings. The summed E-state index contributed by atoms with van der Waals surface area (Å²) in [5.74, 6) is 0. The van der Waals surface area contributed by atoms with E-state index in [1.807, 2.05) is 0 Å². The Kier molecular flexibility index (Phi) is 4.61. The summed E-state index contributed by atoms with van der Waals surface area (Å²) in [4.78, 5) is 0. The summed E-state index contributed by atoms with van der Waals surface area (Å²) in [5, 5.41) is 0. The van der Waals surface area contributed by atoms with Gasteiger partial charge in [-0.1, -0.05) is 65.1 Å². The first-order chi connectivity index (χ1) is 5.08. The van der Waals surface area contributed by atoms with Gasteiger partial charge in [0.05, 0.1) is 0 Å². The van der Waals surface area contributed by atoms with Crippen LogP contribution in [0.2, 0.25) is 0 Å². The molecular formula is C6H11Br3OSi. The third-order valence-corrected chi connectivity index (χ3v) is 4.14. The van der Waals surface area contributed by atoms with E-state index in [4.69, 9.17) is 4.43 Å². The van der Waals surface area contributed by atoms with Crippen molar-refractivity contribution in [3.63, 3.8) is 0 Å². The van der Waals surface area contributed by atoms with Gasteiger partial charge in [-0.05, 0) is 12.8 Å². The Morgan fingerprint density at radius 3 is 2.00 bits per heavy atom. The van der Waals surface area contributed by atoms with E-state index in [1.165, 1.54) is 32.1 Å². The molecular weight excluding hydrogens is 356 g/mol.